The Hall–Kier alpha value is -2.44. The summed E-state index contributed by atoms with van der Waals surface area (Å²) in [4.78, 5) is 12.7. The Labute approximate surface area is 146 Å². The number of amides is 1. The van der Waals surface area contributed by atoms with E-state index in [0.29, 0.717) is 11.0 Å². The fourth-order valence-electron chi connectivity index (χ4n) is 2.46. The van der Waals surface area contributed by atoms with Crippen molar-refractivity contribution in [1.29, 1.82) is 5.26 Å². The van der Waals surface area contributed by atoms with Gasteiger partial charge in [0.15, 0.2) is 0 Å². The molecule has 10 heteroatoms. The number of hydrogen-bond acceptors (Lipinski definition) is 3. The predicted octanol–water partition coefficient (Wildman–Crippen LogP) is 3.86. The maximum absolute atomic E-state index is 13.1. The first-order chi connectivity index (χ1) is 11.9. The van der Waals surface area contributed by atoms with Gasteiger partial charge in [-0.05, 0) is 31.5 Å². The van der Waals surface area contributed by atoms with E-state index in [2.05, 4.69) is 5.32 Å². The Bertz CT molecular complexity index is 678. The van der Waals surface area contributed by atoms with Gasteiger partial charge in [-0.3, -0.25) is 4.79 Å². The lowest BCUT2D eigenvalue weighted by Gasteiger charge is -2.33. The molecule has 26 heavy (non-hydrogen) atoms. The van der Waals surface area contributed by atoms with E-state index in [-0.39, 0.29) is 13.0 Å². The van der Waals surface area contributed by atoms with Gasteiger partial charge in [0.25, 0.3) is 0 Å². The molecule has 0 spiro atoms. The predicted molar refractivity (Wildman–Crippen MR) is 82.3 cm³/mol. The highest BCUT2D eigenvalue weighted by molar-refractivity contribution is 5.85. The Morgan fingerprint density at radius 1 is 1.23 bits per heavy atom. The van der Waals surface area contributed by atoms with Crippen molar-refractivity contribution in [1.82, 2.24) is 5.32 Å². The van der Waals surface area contributed by atoms with Crippen LogP contribution in [0.15, 0.2) is 18.2 Å². The van der Waals surface area contributed by atoms with Gasteiger partial charge in [-0.25, -0.2) is 0 Å². The molecule has 144 valence electrons. The summed E-state index contributed by atoms with van der Waals surface area (Å²) in [7, 11) is 0. The summed E-state index contributed by atoms with van der Waals surface area (Å²) in [5.74, 6) is -0.725. The maximum Gasteiger partial charge on any atom is 0.417 e. The number of hydrogen-bond donors (Lipinski definition) is 1. The molecule has 0 aliphatic rings. The molecule has 4 nitrogen and oxygen atoms in total. The number of nitrogens with zero attached hydrogens (tertiary/aromatic N) is 2. The Balaban J connectivity index is 3.48. The van der Waals surface area contributed by atoms with Gasteiger partial charge in [-0.1, -0.05) is 6.92 Å². The van der Waals surface area contributed by atoms with Gasteiger partial charge in [0.05, 0.1) is 17.2 Å². The molecule has 0 bridgehead atoms. The standard InChI is InChI=1S/C16H17F6N3O/c1-3-13(14(26)24-4-2)25(9-15(17,18)19)11-6-5-10(8-23)12(7-11)16(20,21)22/h5-7,13H,3-4,9H2,1-2H3,(H,24,26). The molecule has 0 aliphatic carbocycles. The highest BCUT2D eigenvalue weighted by Crippen LogP contribution is 2.35. The number of carbonyl (C=O) groups excluding carboxylic acids is 1. The molecule has 1 aromatic rings. The summed E-state index contributed by atoms with van der Waals surface area (Å²) in [6.07, 6.45) is -9.71. The second-order valence-electron chi connectivity index (χ2n) is 5.40. The van der Waals surface area contributed by atoms with Gasteiger partial charge in [0.2, 0.25) is 5.91 Å². The summed E-state index contributed by atoms with van der Waals surface area (Å²) in [6.45, 7) is 1.59. The van der Waals surface area contributed by atoms with Crippen molar-refractivity contribution in [3.63, 3.8) is 0 Å². The van der Waals surface area contributed by atoms with Gasteiger partial charge in [-0.15, -0.1) is 0 Å². The van der Waals surface area contributed by atoms with E-state index in [1.165, 1.54) is 13.0 Å². The third-order valence-corrected chi connectivity index (χ3v) is 3.53. The topological polar surface area (TPSA) is 56.1 Å². The SMILES string of the molecule is CCNC(=O)C(CC)N(CC(F)(F)F)c1ccc(C#N)c(C(F)(F)F)c1. The van der Waals surface area contributed by atoms with Crippen LogP contribution in [-0.4, -0.2) is 31.2 Å². The van der Waals surface area contributed by atoms with Gasteiger partial charge in [0.1, 0.15) is 12.6 Å². The van der Waals surface area contributed by atoms with Crippen molar-refractivity contribution in [2.75, 3.05) is 18.0 Å². The van der Waals surface area contributed by atoms with E-state index in [1.54, 1.807) is 6.92 Å². The van der Waals surface area contributed by atoms with Crippen LogP contribution >= 0.6 is 0 Å². The zero-order chi connectivity index (χ0) is 20.1. The lowest BCUT2D eigenvalue weighted by molar-refractivity contribution is -0.137. The zero-order valence-electron chi connectivity index (χ0n) is 14.0. The summed E-state index contributed by atoms with van der Waals surface area (Å²) < 4.78 is 78.2. The van der Waals surface area contributed by atoms with Crippen LogP contribution in [0.5, 0.6) is 0 Å². The lowest BCUT2D eigenvalue weighted by Crippen LogP contribution is -2.50. The van der Waals surface area contributed by atoms with Crippen LogP contribution in [0.4, 0.5) is 32.0 Å². The van der Waals surface area contributed by atoms with Gasteiger partial charge < -0.3 is 10.2 Å². The molecule has 0 saturated heterocycles. The Morgan fingerprint density at radius 3 is 2.27 bits per heavy atom. The molecule has 1 aromatic carbocycles. The summed E-state index contributed by atoms with van der Waals surface area (Å²) >= 11 is 0. The summed E-state index contributed by atoms with van der Waals surface area (Å²) in [6, 6.07) is 2.28. The molecule has 0 heterocycles. The van der Waals surface area contributed by atoms with E-state index in [1.807, 2.05) is 0 Å². The van der Waals surface area contributed by atoms with Crippen molar-refractivity contribution in [2.45, 2.75) is 38.7 Å². The number of carbonyl (C=O) groups is 1. The molecular formula is C16H17F6N3O. The Morgan fingerprint density at radius 2 is 1.85 bits per heavy atom. The molecule has 1 rings (SSSR count). The van der Waals surface area contributed by atoms with Crippen LogP contribution in [0.25, 0.3) is 0 Å². The smallest absolute Gasteiger partial charge is 0.355 e. The second-order valence-corrected chi connectivity index (χ2v) is 5.40. The number of nitrogens with one attached hydrogen (secondary N) is 1. The molecule has 0 radical (unpaired) electrons. The highest BCUT2D eigenvalue weighted by Gasteiger charge is 2.38. The normalized spacial score (nSPS) is 13.0. The summed E-state index contributed by atoms with van der Waals surface area (Å²) in [5.41, 5.74) is -2.50. The third-order valence-electron chi connectivity index (χ3n) is 3.53. The van der Waals surface area contributed by atoms with Gasteiger partial charge >= 0.3 is 12.4 Å². The average Bonchev–Trinajstić information content (AvgIpc) is 2.52. The van der Waals surface area contributed by atoms with E-state index < -0.39 is 47.7 Å². The highest BCUT2D eigenvalue weighted by atomic mass is 19.4. The van der Waals surface area contributed by atoms with Crippen molar-refractivity contribution in [2.24, 2.45) is 0 Å². The molecule has 1 atom stereocenters. The minimum Gasteiger partial charge on any atom is -0.355 e. The Kier molecular flexibility index (Phi) is 6.89. The summed E-state index contributed by atoms with van der Waals surface area (Å²) in [5, 5.41) is 11.2. The monoisotopic (exact) mass is 381 g/mol. The van der Waals surface area contributed by atoms with Crippen LogP contribution in [0.2, 0.25) is 0 Å². The minimum atomic E-state index is -4.92. The van der Waals surface area contributed by atoms with Gasteiger partial charge in [0, 0.05) is 12.2 Å². The number of nitriles is 1. The van der Waals surface area contributed by atoms with E-state index in [4.69, 9.17) is 5.26 Å². The van der Waals surface area contributed by atoms with Gasteiger partial charge in [-0.2, -0.15) is 31.6 Å². The molecule has 0 aromatic heterocycles. The number of halogens is 6. The quantitative estimate of drug-likeness (QED) is 0.762. The molecule has 1 amide bonds. The van der Waals surface area contributed by atoms with Crippen molar-refractivity contribution < 1.29 is 31.1 Å². The fourth-order valence-corrected chi connectivity index (χ4v) is 2.46. The molecule has 0 aliphatic heterocycles. The first-order valence-corrected chi connectivity index (χ1v) is 7.67. The average molecular weight is 381 g/mol. The second kappa shape index (κ2) is 8.29. The van der Waals surface area contributed by atoms with Crippen LogP contribution in [-0.2, 0) is 11.0 Å². The molecule has 0 fully saturated rings. The largest absolute Gasteiger partial charge is 0.417 e. The number of benzene rings is 1. The van der Waals surface area contributed by atoms with E-state index in [0.717, 1.165) is 12.1 Å². The van der Waals surface area contributed by atoms with Crippen LogP contribution in [0.3, 0.4) is 0 Å². The molecule has 1 unspecified atom stereocenters. The van der Waals surface area contributed by atoms with E-state index in [9.17, 15) is 31.1 Å². The minimum absolute atomic E-state index is 0.0523. The van der Waals surface area contributed by atoms with Crippen molar-refractivity contribution >= 4 is 11.6 Å². The molecule has 0 saturated carbocycles. The molecule has 1 N–H and O–H groups in total. The van der Waals surface area contributed by atoms with Crippen molar-refractivity contribution in [3.05, 3.63) is 29.3 Å². The number of alkyl halides is 6. The number of likely N-dealkylation sites (N-methyl/N-ethyl adjacent to an activating group) is 1. The van der Waals surface area contributed by atoms with Crippen LogP contribution in [0, 0.1) is 11.3 Å². The fraction of sp³-hybridized carbons (Fsp3) is 0.500. The number of rotatable bonds is 6. The number of anilines is 1. The lowest BCUT2D eigenvalue weighted by atomic mass is 10.0. The first kappa shape index (κ1) is 21.6. The van der Waals surface area contributed by atoms with Crippen molar-refractivity contribution in [3.8, 4) is 6.07 Å². The van der Waals surface area contributed by atoms with E-state index >= 15 is 0 Å². The van der Waals surface area contributed by atoms with Crippen LogP contribution in [0.1, 0.15) is 31.4 Å². The first-order valence-electron chi connectivity index (χ1n) is 7.67. The maximum atomic E-state index is 13.1. The third kappa shape index (κ3) is 5.54. The van der Waals surface area contributed by atoms with Crippen LogP contribution < -0.4 is 10.2 Å². The molecular weight excluding hydrogens is 364 g/mol. The zero-order valence-corrected chi connectivity index (χ0v) is 14.0.